The second kappa shape index (κ2) is 5.66. The van der Waals surface area contributed by atoms with Gasteiger partial charge in [0, 0.05) is 38.5 Å². The lowest BCUT2D eigenvalue weighted by Gasteiger charge is -2.35. The van der Waals surface area contributed by atoms with Crippen LogP contribution in [0.3, 0.4) is 0 Å². The van der Waals surface area contributed by atoms with E-state index in [4.69, 9.17) is 5.11 Å². The number of amides is 1. The van der Waals surface area contributed by atoms with Crippen molar-refractivity contribution in [3.05, 3.63) is 11.1 Å². The Balaban J connectivity index is 1.92. The highest BCUT2D eigenvalue weighted by Gasteiger charge is 2.32. The van der Waals surface area contributed by atoms with E-state index in [1.807, 2.05) is 17.2 Å². The van der Waals surface area contributed by atoms with Crippen molar-refractivity contribution in [1.82, 2.24) is 9.88 Å². The third-order valence-corrected chi connectivity index (χ3v) is 4.07. The zero-order chi connectivity index (χ0) is 14.0. The van der Waals surface area contributed by atoms with Crippen LogP contribution in [-0.4, -0.2) is 46.5 Å². The van der Waals surface area contributed by atoms with Crippen LogP contribution in [0.5, 0.6) is 0 Å². The van der Waals surface area contributed by atoms with Crippen LogP contribution >= 0.6 is 11.3 Å². The molecule has 0 atom stereocenters. The smallest absolute Gasteiger partial charge is 0.309 e. The van der Waals surface area contributed by atoms with Crippen LogP contribution in [-0.2, 0) is 16.1 Å². The molecular formula is C12H17N3O3S. The van der Waals surface area contributed by atoms with Crippen molar-refractivity contribution in [2.24, 2.45) is 5.92 Å². The van der Waals surface area contributed by atoms with Crippen LogP contribution in [0.1, 0.15) is 19.5 Å². The summed E-state index contributed by atoms with van der Waals surface area (Å²) < 4.78 is 0. The number of carboxylic acids is 1. The Morgan fingerprint density at radius 2 is 2.26 bits per heavy atom. The number of hydrogen-bond acceptors (Lipinski definition) is 5. The van der Waals surface area contributed by atoms with Crippen molar-refractivity contribution in [1.29, 1.82) is 0 Å². The molecule has 0 aliphatic carbocycles. The second-order valence-corrected chi connectivity index (χ2v) is 5.45. The van der Waals surface area contributed by atoms with Crippen LogP contribution in [0.2, 0.25) is 0 Å². The molecule has 1 amide bonds. The van der Waals surface area contributed by atoms with Crippen molar-refractivity contribution < 1.29 is 14.7 Å². The minimum Gasteiger partial charge on any atom is -0.481 e. The third-order valence-electron chi connectivity index (χ3n) is 3.16. The first-order valence-corrected chi connectivity index (χ1v) is 7.07. The second-order valence-electron chi connectivity index (χ2n) is 4.61. The molecule has 0 bridgehead atoms. The molecule has 2 rings (SSSR count). The lowest BCUT2D eigenvalue weighted by molar-refractivity contribution is -0.147. The van der Waals surface area contributed by atoms with E-state index >= 15 is 0 Å². The number of anilines is 1. The van der Waals surface area contributed by atoms with Gasteiger partial charge in [0.2, 0.25) is 5.91 Å². The lowest BCUT2D eigenvalue weighted by atomic mass is 10.0. The van der Waals surface area contributed by atoms with Crippen LogP contribution in [0.25, 0.3) is 0 Å². The van der Waals surface area contributed by atoms with E-state index in [9.17, 15) is 9.59 Å². The van der Waals surface area contributed by atoms with E-state index < -0.39 is 5.97 Å². The molecule has 2 heterocycles. The fraction of sp³-hybridized carbons (Fsp3) is 0.583. The molecule has 0 aromatic carbocycles. The maximum absolute atomic E-state index is 11.4. The summed E-state index contributed by atoms with van der Waals surface area (Å²) in [4.78, 5) is 30.2. The largest absolute Gasteiger partial charge is 0.481 e. The highest BCUT2D eigenvalue weighted by Crippen LogP contribution is 2.24. The number of carbonyl (C=O) groups excluding carboxylic acids is 1. The number of nitrogens with zero attached hydrogens (tertiary/aromatic N) is 3. The van der Waals surface area contributed by atoms with E-state index in [0.29, 0.717) is 31.3 Å². The number of aliphatic carboxylic acids is 1. The predicted octanol–water partition coefficient (Wildman–Crippen LogP) is 1.03. The molecule has 19 heavy (non-hydrogen) atoms. The first kappa shape index (κ1) is 14.0. The Labute approximate surface area is 115 Å². The molecular weight excluding hydrogens is 266 g/mol. The highest BCUT2D eigenvalue weighted by molar-refractivity contribution is 7.14. The van der Waals surface area contributed by atoms with Crippen LogP contribution in [0.4, 0.5) is 5.13 Å². The fourth-order valence-corrected chi connectivity index (χ4v) is 2.99. The van der Waals surface area contributed by atoms with Crippen LogP contribution in [0, 0.1) is 5.92 Å². The van der Waals surface area contributed by atoms with E-state index in [-0.39, 0.29) is 11.8 Å². The van der Waals surface area contributed by atoms with E-state index in [1.54, 1.807) is 4.90 Å². The van der Waals surface area contributed by atoms with Gasteiger partial charge >= 0.3 is 5.97 Å². The zero-order valence-corrected chi connectivity index (χ0v) is 11.8. The summed E-state index contributed by atoms with van der Waals surface area (Å²) >= 11 is 1.45. The first-order chi connectivity index (χ1) is 9.01. The van der Waals surface area contributed by atoms with Gasteiger partial charge in [-0.05, 0) is 6.92 Å². The van der Waals surface area contributed by atoms with Gasteiger partial charge in [0.25, 0.3) is 0 Å². The number of hydrogen-bond donors (Lipinski definition) is 1. The average Bonchev–Trinajstić information content (AvgIpc) is 2.71. The molecule has 1 N–H and O–H groups in total. The van der Waals surface area contributed by atoms with Gasteiger partial charge in [0.15, 0.2) is 5.13 Å². The van der Waals surface area contributed by atoms with Crippen molar-refractivity contribution in [2.45, 2.75) is 20.4 Å². The van der Waals surface area contributed by atoms with Gasteiger partial charge in [-0.1, -0.05) is 0 Å². The summed E-state index contributed by atoms with van der Waals surface area (Å²) in [5.41, 5.74) is 0.892. The Kier molecular flexibility index (Phi) is 4.16. The van der Waals surface area contributed by atoms with Crippen molar-refractivity contribution in [3.63, 3.8) is 0 Å². The molecule has 1 aromatic heterocycles. The number of carboxylic acid groups (broad SMARTS) is 1. The molecule has 1 fully saturated rings. The normalized spacial score (nSPS) is 16.1. The number of carbonyl (C=O) groups is 2. The molecule has 0 saturated carbocycles. The molecule has 1 aliphatic rings. The summed E-state index contributed by atoms with van der Waals surface area (Å²) in [6, 6.07) is 0. The average molecular weight is 283 g/mol. The molecule has 0 unspecified atom stereocenters. The zero-order valence-electron chi connectivity index (χ0n) is 11.0. The number of likely N-dealkylation sites (tertiary alicyclic amines) is 1. The standard InChI is InChI=1S/C12H17N3O3S/c1-3-15(8(2)16)12-13-10(7-19-12)6-14-4-9(5-14)11(17)18/h7,9H,3-6H2,1-2H3,(H,17,18). The SMILES string of the molecule is CCN(C(C)=O)c1nc(CN2CC(C(=O)O)C2)cs1. The van der Waals surface area contributed by atoms with Crippen molar-refractivity contribution >= 4 is 28.3 Å². The molecule has 0 spiro atoms. The molecule has 104 valence electrons. The van der Waals surface area contributed by atoms with Crippen molar-refractivity contribution in [2.75, 3.05) is 24.5 Å². The first-order valence-electron chi connectivity index (χ1n) is 6.19. The number of thiazole rings is 1. The minimum atomic E-state index is -0.732. The van der Waals surface area contributed by atoms with Gasteiger partial charge in [-0.2, -0.15) is 0 Å². The monoisotopic (exact) mass is 283 g/mol. The number of rotatable bonds is 5. The Morgan fingerprint density at radius 3 is 2.79 bits per heavy atom. The highest BCUT2D eigenvalue weighted by atomic mass is 32.1. The molecule has 1 aliphatic heterocycles. The summed E-state index contributed by atoms with van der Waals surface area (Å²) in [7, 11) is 0. The Bertz CT molecular complexity index is 482. The van der Waals surface area contributed by atoms with Gasteiger partial charge < -0.3 is 5.11 Å². The van der Waals surface area contributed by atoms with E-state index in [2.05, 4.69) is 4.98 Å². The predicted molar refractivity (Wildman–Crippen MR) is 72.2 cm³/mol. The maximum Gasteiger partial charge on any atom is 0.309 e. The maximum atomic E-state index is 11.4. The lowest BCUT2D eigenvalue weighted by Crippen LogP contribution is -2.49. The Morgan fingerprint density at radius 1 is 1.58 bits per heavy atom. The minimum absolute atomic E-state index is 0.0155. The Hall–Kier alpha value is -1.47. The van der Waals surface area contributed by atoms with Crippen LogP contribution < -0.4 is 4.90 Å². The van der Waals surface area contributed by atoms with Gasteiger partial charge in [0.1, 0.15) is 0 Å². The van der Waals surface area contributed by atoms with Gasteiger partial charge in [0.05, 0.1) is 11.6 Å². The summed E-state index contributed by atoms with van der Waals surface area (Å²) in [6.45, 7) is 5.84. The molecule has 6 nitrogen and oxygen atoms in total. The topological polar surface area (TPSA) is 73.7 Å². The van der Waals surface area contributed by atoms with Crippen molar-refractivity contribution in [3.8, 4) is 0 Å². The number of aromatic nitrogens is 1. The third kappa shape index (κ3) is 3.10. The summed E-state index contributed by atoms with van der Waals surface area (Å²) in [5.74, 6) is -0.996. The van der Waals surface area contributed by atoms with E-state index in [1.165, 1.54) is 18.3 Å². The molecule has 0 radical (unpaired) electrons. The molecule has 7 heteroatoms. The van der Waals surface area contributed by atoms with Gasteiger partial charge in [-0.15, -0.1) is 11.3 Å². The van der Waals surface area contributed by atoms with Crippen LogP contribution in [0.15, 0.2) is 5.38 Å². The van der Waals surface area contributed by atoms with Gasteiger partial charge in [-0.3, -0.25) is 19.4 Å². The van der Waals surface area contributed by atoms with E-state index in [0.717, 1.165) is 5.69 Å². The summed E-state index contributed by atoms with van der Waals surface area (Å²) in [6.07, 6.45) is 0. The van der Waals surface area contributed by atoms with Gasteiger partial charge in [-0.25, -0.2) is 4.98 Å². The fourth-order valence-electron chi connectivity index (χ4n) is 2.07. The molecule has 1 aromatic rings. The summed E-state index contributed by atoms with van der Waals surface area (Å²) in [5, 5.41) is 11.4. The quantitative estimate of drug-likeness (QED) is 0.873. The molecule has 1 saturated heterocycles.